The average molecular weight is 383 g/mol. The molecule has 4 rings (SSSR count). The van der Waals surface area contributed by atoms with Crippen molar-refractivity contribution in [2.24, 2.45) is 0 Å². The zero-order valence-corrected chi connectivity index (χ0v) is 16.1. The molecule has 1 amide bonds. The first-order valence-corrected chi connectivity index (χ1v) is 10.5. The summed E-state index contributed by atoms with van der Waals surface area (Å²) >= 11 is 3.35. The largest absolute Gasteiger partial charge is 0.310 e. The van der Waals surface area contributed by atoms with Crippen LogP contribution in [-0.4, -0.2) is 32.7 Å². The van der Waals surface area contributed by atoms with Crippen molar-refractivity contribution >= 4 is 35.2 Å². The summed E-state index contributed by atoms with van der Waals surface area (Å²) in [7, 11) is 0. The number of thioether (sulfide) groups is 2. The van der Waals surface area contributed by atoms with Gasteiger partial charge in [-0.05, 0) is 43.0 Å². The summed E-state index contributed by atoms with van der Waals surface area (Å²) in [6, 6.07) is 14.2. The number of carbonyl (C=O) groups is 1. The Labute approximate surface area is 160 Å². The second kappa shape index (κ2) is 7.17. The fourth-order valence-corrected chi connectivity index (χ4v) is 4.67. The molecule has 3 aromatic rings. The van der Waals surface area contributed by atoms with Crippen LogP contribution in [0.2, 0.25) is 0 Å². The molecule has 2 aromatic heterocycles. The number of nitrogens with zero attached hydrogens (tertiary/aromatic N) is 3. The van der Waals surface area contributed by atoms with E-state index in [1.165, 1.54) is 10.5 Å². The van der Waals surface area contributed by atoms with Gasteiger partial charge in [-0.1, -0.05) is 18.2 Å². The van der Waals surface area contributed by atoms with Gasteiger partial charge in [0.2, 0.25) is 5.91 Å². The van der Waals surface area contributed by atoms with E-state index in [0.29, 0.717) is 11.6 Å². The summed E-state index contributed by atoms with van der Waals surface area (Å²) in [4.78, 5) is 17.9. The van der Waals surface area contributed by atoms with Crippen LogP contribution in [0.25, 0.3) is 5.82 Å². The van der Waals surface area contributed by atoms with Crippen molar-refractivity contribution in [1.82, 2.24) is 14.8 Å². The van der Waals surface area contributed by atoms with Crippen molar-refractivity contribution in [3.05, 3.63) is 65.5 Å². The SMILES string of the molecule is CSc1ccc([C@@H]2SCC(=O)Nc3c2c(C)nn3-c2ccccn2)cc1. The maximum absolute atomic E-state index is 12.3. The van der Waals surface area contributed by atoms with Gasteiger partial charge in [-0.15, -0.1) is 23.5 Å². The van der Waals surface area contributed by atoms with Crippen molar-refractivity contribution in [2.45, 2.75) is 17.1 Å². The molecule has 26 heavy (non-hydrogen) atoms. The van der Waals surface area contributed by atoms with Crippen molar-refractivity contribution in [3.8, 4) is 5.82 Å². The molecule has 0 spiro atoms. The van der Waals surface area contributed by atoms with Crippen LogP contribution in [0.5, 0.6) is 0 Å². The van der Waals surface area contributed by atoms with Gasteiger partial charge in [0.25, 0.3) is 0 Å². The first kappa shape index (κ1) is 17.2. The molecule has 0 aliphatic carbocycles. The summed E-state index contributed by atoms with van der Waals surface area (Å²) < 4.78 is 1.73. The zero-order chi connectivity index (χ0) is 18.1. The standard InChI is InChI=1S/C19H18N4OS2/c1-12-17-18(13-6-8-14(25-2)9-7-13)26-11-16(24)21-19(17)23(22-12)15-5-3-4-10-20-15/h3-10,18H,11H2,1-2H3,(H,21,24)/t18-/m0/s1. The van der Waals surface area contributed by atoms with Gasteiger partial charge in [0.05, 0.1) is 16.7 Å². The summed E-state index contributed by atoms with van der Waals surface area (Å²) in [5.41, 5.74) is 3.12. The Morgan fingerprint density at radius 1 is 1.23 bits per heavy atom. The third-order valence-electron chi connectivity index (χ3n) is 4.29. The molecule has 0 bridgehead atoms. The molecule has 1 atom stereocenters. The lowest BCUT2D eigenvalue weighted by molar-refractivity contribution is -0.113. The Balaban J connectivity index is 1.85. The number of hydrogen-bond donors (Lipinski definition) is 1. The summed E-state index contributed by atoms with van der Waals surface area (Å²) in [6.45, 7) is 1.99. The van der Waals surface area contributed by atoms with E-state index >= 15 is 0 Å². The summed E-state index contributed by atoms with van der Waals surface area (Å²) in [6.07, 6.45) is 3.79. The van der Waals surface area contributed by atoms with E-state index in [9.17, 15) is 4.79 Å². The minimum Gasteiger partial charge on any atom is -0.310 e. The number of fused-ring (bicyclic) bond motifs is 1. The maximum Gasteiger partial charge on any atom is 0.235 e. The highest BCUT2D eigenvalue weighted by Gasteiger charge is 2.30. The minimum absolute atomic E-state index is 0.0171. The monoisotopic (exact) mass is 382 g/mol. The van der Waals surface area contributed by atoms with E-state index in [0.717, 1.165) is 17.1 Å². The third-order valence-corrected chi connectivity index (χ3v) is 6.31. The maximum atomic E-state index is 12.3. The van der Waals surface area contributed by atoms with Crippen molar-refractivity contribution < 1.29 is 4.79 Å². The lowest BCUT2D eigenvalue weighted by Gasteiger charge is -2.15. The first-order chi connectivity index (χ1) is 12.7. The lowest BCUT2D eigenvalue weighted by atomic mass is 10.0. The molecule has 3 heterocycles. The molecule has 0 radical (unpaired) electrons. The van der Waals surface area contributed by atoms with E-state index in [-0.39, 0.29) is 11.2 Å². The van der Waals surface area contributed by atoms with Crippen LogP contribution in [0.1, 0.15) is 22.1 Å². The number of hydrogen-bond acceptors (Lipinski definition) is 5. The molecular weight excluding hydrogens is 364 g/mol. The number of aryl methyl sites for hydroxylation is 1. The second-order valence-electron chi connectivity index (χ2n) is 5.96. The van der Waals surface area contributed by atoms with Gasteiger partial charge in [0, 0.05) is 16.7 Å². The second-order valence-corrected chi connectivity index (χ2v) is 7.93. The number of aromatic nitrogens is 3. The molecular formula is C19H18N4OS2. The Hall–Kier alpha value is -2.25. The van der Waals surface area contributed by atoms with Gasteiger partial charge < -0.3 is 5.32 Å². The molecule has 0 saturated heterocycles. The molecule has 0 saturated carbocycles. The van der Waals surface area contributed by atoms with E-state index < -0.39 is 0 Å². The zero-order valence-electron chi connectivity index (χ0n) is 14.5. The fraction of sp³-hybridized carbons (Fsp3) is 0.211. The highest BCUT2D eigenvalue weighted by atomic mass is 32.2. The quantitative estimate of drug-likeness (QED) is 0.692. The Morgan fingerprint density at radius 2 is 2.04 bits per heavy atom. The van der Waals surface area contributed by atoms with Crippen molar-refractivity contribution in [1.29, 1.82) is 0 Å². The van der Waals surface area contributed by atoms with Gasteiger partial charge in [0.15, 0.2) is 5.82 Å². The van der Waals surface area contributed by atoms with Crippen molar-refractivity contribution in [2.75, 3.05) is 17.3 Å². The molecule has 0 unspecified atom stereocenters. The van der Waals surface area contributed by atoms with Crippen LogP contribution in [0.4, 0.5) is 5.82 Å². The van der Waals surface area contributed by atoms with E-state index in [4.69, 9.17) is 0 Å². The number of carbonyl (C=O) groups excluding carboxylic acids is 1. The number of amides is 1. The molecule has 132 valence electrons. The molecule has 5 nitrogen and oxygen atoms in total. The highest BCUT2D eigenvalue weighted by Crippen LogP contribution is 2.43. The lowest BCUT2D eigenvalue weighted by Crippen LogP contribution is -2.16. The molecule has 1 aliphatic heterocycles. The smallest absolute Gasteiger partial charge is 0.235 e. The van der Waals surface area contributed by atoms with Gasteiger partial charge in [-0.3, -0.25) is 4.79 Å². The van der Waals surface area contributed by atoms with Gasteiger partial charge >= 0.3 is 0 Å². The molecule has 1 N–H and O–H groups in total. The van der Waals surface area contributed by atoms with Crippen LogP contribution in [-0.2, 0) is 4.79 Å². The van der Waals surface area contributed by atoms with Crippen molar-refractivity contribution in [3.63, 3.8) is 0 Å². The van der Waals surface area contributed by atoms with Crippen LogP contribution in [0, 0.1) is 6.92 Å². The van der Waals surface area contributed by atoms with E-state index in [1.54, 1.807) is 34.4 Å². The van der Waals surface area contributed by atoms with E-state index in [2.05, 4.69) is 45.9 Å². The predicted octanol–water partition coefficient (Wildman–Crippen LogP) is 4.07. The Bertz CT molecular complexity index is 938. The number of pyridine rings is 1. The third kappa shape index (κ3) is 3.12. The van der Waals surface area contributed by atoms with Gasteiger partial charge in [0.1, 0.15) is 5.82 Å². The molecule has 1 aliphatic rings. The number of benzene rings is 1. The summed E-state index contributed by atoms with van der Waals surface area (Å²) in [5.74, 6) is 1.80. The molecule has 0 fully saturated rings. The molecule has 1 aromatic carbocycles. The van der Waals surface area contributed by atoms with Gasteiger partial charge in [-0.2, -0.15) is 9.78 Å². The number of rotatable bonds is 3. The Kier molecular flexibility index (Phi) is 4.74. The predicted molar refractivity (Wildman–Crippen MR) is 107 cm³/mol. The number of nitrogens with one attached hydrogen (secondary N) is 1. The van der Waals surface area contributed by atoms with E-state index in [1.807, 2.05) is 25.1 Å². The van der Waals surface area contributed by atoms with Crippen LogP contribution >= 0.6 is 23.5 Å². The topological polar surface area (TPSA) is 59.8 Å². The van der Waals surface area contributed by atoms with Crippen LogP contribution in [0.15, 0.2) is 53.6 Å². The number of anilines is 1. The first-order valence-electron chi connectivity index (χ1n) is 8.23. The normalized spacial score (nSPS) is 16.7. The summed E-state index contributed by atoms with van der Waals surface area (Å²) in [5, 5.41) is 7.75. The Morgan fingerprint density at radius 3 is 2.73 bits per heavy atom. The van der Waals surface area contributed by atoms with Gasteiger partial charge in [-0.25, -0.2) is 4.98 Å². The minimum atomic E-state index is -0.0171. The van der Waals surface area contributed by atoms with Crippen LogP contribution < -0.4 is 5.32 Å². The average Bonchev–Trinajstić information content (AvgIpc) is 2.88. The highest BCUT2D eigenvalue weighted by molar-refractivity contribution is 8.00. The fourth-order valence-electron chi connectivity index (χ4n) is 3.07. The van der Waals surface area contributed by atoms with Crippen LogP contribution in [0.3, 0.4) is 0 Å². The molecule has 7 heteroatoms.